The van der Waals surface area contributed by atoms with Crippen LogP contribution in [0.5, 0.6) is 0 Å². The van der Waals surface area contributed by atoms with E-state index in [2.05, 4.69) is 0 Å². The number of alkyl halides is 12. The van der Waals surface area contributed by atoms with Crippen LogP contribution in [0.4, 0.5) is 52.7 Å². The average molecular weight is 773 g/mol. The van der Waals surface area contributed by atoms with Crippen LogP contribution in [0.3, 0.4) is 0 Å². The monoisotopic (exact) mass is 770 g/mol. The summed E-state index contributed by atoms with van der Waals surface area (Å²) in [7, 11) is 0. The van der Waals surface area contributed by atoms with Crippen molar-refractivity contribution in [1.29, 1.82) is 0 Å². The fraction of sp³-hybridized carbons (Fsp3) is 0.333. The summed E-state index contributed by atoms with van der Waals surface area (Å²) in [5, 5.41) is 0. The van der Waals surface area contributed by atoms with E-state index in [4.69, 9.17) is 0 Å². The third-order valence-corrected chi connectivity index (χ3v) is 11.2. The number of hydrogen-bond donors (Lipinski definition) is 0. The molecule has 0 unspecified atom stereocenters. The first kappa shape index (κ1) is 39.2. The first-order valence-electron chi connectivity index (χ1n) is 12.6. The smallest absolute Gasteiger partial charge is 1.00 e. The van der Waals surface area contributed by atoms with Crippen LogP contribution in [0.25, 0.3) is 11.1 Å². The summed E-state index contributed by atoms with van der Waals surface area (Å²) in [6.07, 6.45) is -19.8. The molecule has 2 aromatic rings. The Balaban J connectivity index is 0.00000353. The van der Waals surface area contributed by atoms with Gasteiger partial charge in [0.2, 0.25) is 0 Å². The second kappa shape index (κ2) is 13.3. The molecule has 244 valence electrons. The van der Waals surface area contributed by atoms with Gasteiger partial charge in [-0.15, -0.1) is 0 Å². The van der Waals surface area contributed by atoms with Gasteiger partial charge in [0, 0.05) is 0 Å². The van der Waals surface area contributed by atoms with E-state index in [1.165, 1.54) is 0 Å². The Morgan fingerprint density at radius 3 is 0.911 bits per heavy atom. The molecular weight excluding hydrogens is 750 g/mol. The van der Waals surface area contributed by atoms with Crippen LogP contribution in [-0.4, -0.2) is 0 Å². The van der Waals surface area contributed by atoms with Crippen LogP contribution in [-0.2, 0) is 47.9 Å². The summed E-state index contributed by atoms with van der Waals surface area (Å²) in [5.41, 5.74) is -3.67. The quantitative estimate of drug-likeness (QED) is 0.363. The molecule has 15 heteroatoms. The summed E-state index contributed by atoms with van der Waals surface area (Å²) in [6.45, 7) is 6.51. The van der Waals surface area contributed by atoms with Crippen LogP contribution in [0.2, 0.25) is 0 Å². The minimum Gasteiger partial charge on any atom is -1.00 e. The molecule has 0 aromatic heterocycles. The molecule has 0 saturated carbocycles. The van der Waals surface area contributed by atoms with Gasteiger partial charge in [0.15, 0.2) is 0 Å². The number of benzene rings is 2. The first-order valence-corrected chi connectivity index (χ1v) is 15.1. The van der Waals surface area contributed by atoms with Gasteiger partial charge in [0.05, 0.1) is 0 Å². The van der Waals surface area contributed by atoms with Crippen molar-refractivity contribution in [2.45, 2.75) is 65.2 Å². The molecule has 2 aliphatic carbocycles. The molecule has 0 heterocycles. The molecule has 0 bridgehead atoms. The predicted octanol–water partition coefficient (Wildman–Crippen LogP) is 5.45. The fourth-order valence-electron chi connectivity index (χ4n) is 5.23. The van der Waals surface area contributed by atoms with E-state index in [0.717, 1.165) is 0 Å². The number of hydrogen-bond acceptors (Lipinski definition) is 0. The summed E-state index contributed by atoms with van der Waals surface area (Å²) in [5.74, 6) is 0. The molecule has 0 N–H and O–H groups in total. The minimum atomic E-state index is -5.07. The van der Waals surface area contributed by atoms with E-state index in [1.807, 2.05) is 0 Å². The summed E-state index contributed by atoms with van der Waals surface area (Å²) in [6, 6.07) is 2.65. The first-order chi connectivity index (χ1) is 19.5. The average Bonchev–Trinajstić information content (AvgIpc) is 3.29. The van der Waals surface area contributed by atoms with Gasteiger partial charge >= 0.3 is 251 Å². The van der Waals surface area contributed by atoms with Crippen molar-refractivity contribution in [2.75, 3.05) is 0 Å². The van der Waals surface area contributed by atoms with Crippen LogP contribution in [0.1, 0.15) is 73.9 Å². The van der Waals surface area contributed by atoms with E-state index in [1.54, 1.807) is 27.7 Å². The van der Waals surface area contributed by atoms with Crippen molar-refractivity contribution in [1.82, 2.24) is 0 Å². The topological polar surface area (TPSA) is 0 Å². The Bertz CT molecular complexity index is 1430. The maximum absolute atomic E-state index is 13.6. The third kappa shape index (κ3) is 8.31. The molecule has 4 rings (SSSR count). The van der Waals surface area contributed by atoms with Gasteiger partial charge in [-0.25, -0.2) is 0 Å². The van der Waals surface area contributed by atoms with E-state index < -0.39 is 70.2 Å². The number of allylic oxidation sites excluding steroid dienone is 8. The van der Waals surface area contributed by atoms with Crippen LogP contribution >= 0.6 is 0 Å². The van der Waals surface area contributed by atoms with Crippen molar-refractivity contribution in [3.05, 3.63) is 98.6 Å². The molecular formula is C30H22Cl2F12Zr. The minimum absolute atomic E-state index is 0. The van der Waals surface area contributed by atoms with Crippen LogP contribution < -0.4 is 24.8 Å². The molecule has 0 atom stereocenters. The number of halogens is 14. The number of rotatable bonds is 4. The van der Waals surface area contributed by atoms with E-state index in [0.29, 0.717) is 53.1 Å². The zero-order chi connectivity index (χ0) is 32.4. The second-order valence-corrected chi connectivity index (χ2v) is 14.2. The fourth-order valence-corrected chi connectivity index (χ4v) is 10.1. The summed E-state index contributed by atoms with van der Waals surface area (Å²) >= 11 is -2.16. The van der Waals surface area contributed by atoms with Gasteiger partial charge in [-0.3, -0.25) is 0 Å². The zero-order valence-electron chi connectivity index (χ0n) is 23.7. The second-order valence-electron chi connectivity index (χ2n) is 10.6. The normalized spacial score (nSPS) is 16.4. The van der Waals surface area contributed by atoms with E-state index in [9.17, 15) is 52.7 Å². The Hall–Kier alpha value is -1.98. The SMILES string of the molecule is CC1=C(C)C(c2cc(C(F)(F)F)cc(C(F)(F)F)c2)=[C]([Zr+2][C]2=C(c3cc(C(F)(F)F)cc(C(F)(F)F)c3)C(C)=C(C)C2)C1.[Cl-].[Cl-]. The van der Waals surface area contributed by atoms with Crippen LogP contribution in [0, 0.1) is 0 Å². The Morgan fingerprint density at radius 1 is 0.444 bits per heavy atom. The van der Waals surface area contributed by atoms with Gasteiger partial charge in [-0.1, -0.05) is 0 Å². The van der Waals surface area contributed by atoms with E-state index in [-0.39, 0.29) is 72.1 Å². The van der Waals surface area contributed by atoms with Crippen molar-refractivity contribution < 1.29 is 101 Å². The van der Waals surface area contributed by atoms with Crippen LogP contribution in [0.15, 0.2) is 65.3 Å². The molecule has 0 nitrogen and oxygen atoms in total. The zero-order valence-corrected chi connectivity index (χ0v) is 27.6. The molecule has 2 aromatic carbocycles. The molecule has 0 spiro atoms. The Morgan fingerprint density at radius 2 is 0.689 bits per heavy atom. The molecule has 0 amide bonds. The van der Waals surface area contributed by atoms with Gasteiger partial charge in [-0.2, -0.15) is 0 Å². The van der Waals surface area contributed by atoms with Gasteiger partial charge in [0.25, 0.3) is 0 Å². The molecule has 0 fully saturated rings. The molecule has 2 aliphatic rings. The van der Waals surface area contributed by atoms with Crippen molar-refractivity contribution in [2.24, 2.45) is 0 Å². The van der Waals surface area contributed by atoms with Crippen molar-refractivity contribution in [3.63, 3.8) is 0 Å². The maximum Gasteiger partial charge on any atom is -1.00 e. The molecule has 45 heavy (non-hydrogen) atoms. The van der Waals surface area contributed by atoms with Gasteiger partial charge < -0.3 is 24.8 Å². The third-order valence-electron chi connectivity index (χ3n) is 7.57. The predicted molar refractivity (Wildman–Crippen MR) is 133 cm³/mol. The molecule has 0 aliphatic heterocycles. The molecule has 0 saturated heterocycles. The maximum atomic E-state index is 13.6. The summed E-state index contributed by atoms with van der Waals surface area (Å²) in [4.78, 5) is 0. The van der Waals surface area contributed by atoms with Crippen molar-refractivity contribution >= 4 is 11.1 Å². The van der Waals surface area contributed by atoms with Gasteiger partial charge in [0.1, 0.15) is 0 Å². The largest absolute Gasteiger partial charge is 1.00 e. The molecule has 0 radical (unpaired) electrons. The standard InChI is InChI=1S/2C15H11F6.2ClH.Zr/c2*1-8-3-4-13(9(8)2)10-5-11(14(16,17)18)7-12(6-10)15(19,20)21;;;/h2*5-7H,3H2,1-2H3;2*1H;/q;;;;+2/p-2. The Labute approximate surface area is 274 Å². The summed E-state index contributed by atoms with van der Waals surface area (Å²) < 4.78 is 165. The Kier molecular flexibility index (Phi) is 11.6. The van der Waals surface area contributed by atoms with Crippen molar-refractivity contribution in [3.8, 4) is 0 Å². The van der Waals surface area contributed by atoms with Gasteiger partial charge in [-0.05, 0) is 0 Å². The van der Waals surface area contributed by atoms with E-state index >= 15 is 0 Å².